The number of rotatable bonds is 2. The molecule has 2 N–H and O–H groups in total. The van der Waals surface area contributed by atoms with Crippen molar-refractivity contribution in [3.8, 4) is 0 Å². The lowest BCUT2D eigenvalue weighted by Gasteiger charge is -1.83. The Labute approximate surface area is 56.6 Å². The Kier molecular flexibility index (Phi) is 3.52. The molecule has 0 rings (SSSR count). The van der Waals surface area contributed by atoms with Crippen LogP contribution in [-0.2, 0) is 0 Å². The third-order valence-electron chi connectivity index (χ3n) is 0.740. The highest BCUT2D eigenvalue weighted by Crippen LogP contribution is 1.89. The lowest BCUT2D eigenvalue weighted by atomic mass is 10.3. The van der Waals surface area contributed by atoms with Gasteiger partial charge in [0.2, 0.25) is 0 Å². The Hall–Kier alpha value is -0.980. The smallest absolute Gasteiger partial charge is 0.00488 e. The Balaban J connectivity index is 3.74. The van der Waals surface area contributed by atoms with Crippen molar-refractivity contribution in [3.05, 3.63) is 36.1 Å². The fraction of sp³-hybridized carbons (Fsp3) is 0.250. The van der Waals surface area contributed by atoms with E-state index in [1.54, 1.807) is 0 Å². The summed E-state index contributed by atoms with van der Waals surface area (Å²) in [6, 6.07) is 0. The standard InChI is InChI=1S/C8H13N/c1-7(2)5-4-6-8(3)9/h4-6H,1,9H2,2-3H3/b5-4-,8-6-. The number of allylic oxidation sites excluding steroid dienone is 5. The van der Waals surface area contributed by atoms with Crippen LogP contribution in [-0.4, -0.2) is 0 Å². The largest absolute Gasteiger partial charge is 0.402 e. The van der Waals surface area contributed by atoms with Crippen LogP contribution in [0.5, 0.6) is 0 Å². The summed E-state index contributed by atoms with van der Waals surface area (Å²) in [7, 11) is 0. The molecule has 0 bridgehead atoms. The molecule has 0 aromatic rings. The molecule has 0 saturated carbocycles. The van der Waals surface area contributed by atoms with Crippen molar-refractivity contribution in [1.82, 2.24) is 0 Å². The first kappa shape index (κ1) is 8.02. The second kappa shape index (κ2) is 3.96. The van der Waals surface area contributed by atoms with Gasteiger partial charge in [-0.15, -0.1) is 0 Å². The van der Waals surface area contributed by atoms with Gasteiger partial charge in [0.15, 0.2) is 0 Å². The van der Waals surface area contributed by atoms with E-state index in [1.165, 1.54) is 0 Å². The van der Waals surface area contributed by atoms with E-state index >= 15 is 0 Å². The molecule has 0 radical (unpaired) electrons. The predicted molar refractivity (Wildman–Crippen MR) is 41.9 cm³/mol. The average molecular weight is 123 g/mol. The van der Waals surface area contributed by atoms with Crippen molar-refractivity contribution in [3.63, 3.8) is 0 Å². The first-order valence-corrected chi connectivity index (χ1v) is 2.89. The van der Waals surface area contributed by atoms with Gasteiger partial charge in [-0.2, -0.15) is 0 Å². The van der Waals surface area contributed by atoms with Crippen LogP contribution in [0.25, 0.3) is 0 Å². The average Bonchev–Trinajstić information content (AvgIpc) is 1.63. The van der Waals surface area contributed by atoms with Crippen molar-refractivity contribution < 1.29 is 0 Å². The Morgan fingerprint density at radius 3 is 2.33 bits per heavy atom. The van der Waals surface area contributed by atoms with Crippen molar-refractivity contribution >= 4 is 0 Å². The van der Waals surface area contributed by atoms with Gasteiger partial charge in [0.1, 0.15) is 0 Å². The summed E-state index contributed by atoms with van der Waals surface area (Å²) < 4.78 is 0. The summed E-state index contributed by atoms with van der Waals surface area (Å²) >= 11 is 0. The second-order valence-corrected chi connectivity index (χ2v) is 2.12. The van der Waals surface area contributed by atoms with Crippen LogP contribution < -0.4 is 5.73 Å². The van der Waals surface area contributed by atoms with Crippen molar-refractivity contribution in [2.45, 2.75) is 13.8 Å². The fourth-order valence-electron chi connectivity index (χ4n) is 0.364. The Morgan fingerprint density at radius 2 is 2.00 bits per heavy atom. The van der Waals surface area contributed by atoms with Crippen LogP contribution in [0.15, 0.2) is 36.1 Å². The maximum Gasteiger partial charge on any atom is 0.00488 e. The van der Waals surface area contributed by atoms with E-state index in [0.717, 1.165) is 11.3 Å². The van der Waals surface area contributed by atoms with Gasteiger partial charge in [0.05, 0.1) is 0 Å². The van der Waals surface area contributed by atoms with Gasteiger partial charge in [-0.3, -0.25) is 0 Å². The van der Waals surface area contributed by atoms with Gasteiger partial charge in [-0.1, -0.05) is 24.3 Å². The van der Waals surface area contributed by atoms with Crippen LogP contribution in [0.2, 0.25) is 0 Å². The molecular formula is C8H13N. The summed E-state index contributed by atoms with van der Waals surface area (Å²) in [6.45, 7) is 7.49. The number of hydrogen-bond acceptors (Lipinski definition) is 1. The molecule has 0 amide bonds. The van der Waals surface area contributed by atoms with Gasteiger partial charge in [0.25, 0.3) is 0 Å². The van der Waals surface area contributed by atoms with Crippen LogP contribution >= 0.6 is 0 Å². The normalized spacial score (nSPS) is 12.4. The van der Waals surface area contributed by atoms with E-state index < -0.39 is 0 Å². The SMILES string of the molecule is C=C(C)/C=C\C=C(\C)N. The zero-order valence-electron chi connectivity index (χ0n) is 6.02. The van der Waals surface area contributed by atoms with E-state index in [4.69, 9.17) is 5.73 Å². The quantitative estimate of drug-likeness (QED) is 0.558. The topological polar surface area (TPSA) is 26.0 Å². The molecule has 0 unspecified atom stereocenters. The highest BCUT2D eigenvalue weighted by Gasteiger charge is 1.71. The summed E-state index contributed by atoms with van der Waals surface area (Å²) in [4.78, 5) is 0. The molecule has 0 aromatic heterocycles. The summed E-state index contributed by atoms with van der Waals surface area (Å²) in [5.74, 6) is 0. The summed E-state index contributed by atoms with van der Waals surface area (Å²) in [5.41, 5.74) is 7.21. The van der Waals surface area contributed by atoms with E-state index in [1.807, 2.05) is 32.1 Å². The summed E-state index contributed by atoms with van der Waals surface area (Å²) in [6.07, 6.45) is 5.64. The van der Waals surface area contributed by atoms with E-state index in [-0.39, 0.29) is 0 Å². The molecule has 0 fully saturated rings. The van der Waals surface area contributed by atoms with Crippen LogP contribution in [0, 0.1) is 0 Å². The maximum absolute atomic E-state index is 5.36. The molecular weight excluding hydrogens is 110 g/mol. The van der Waals surface area contributed by atoms with Crippen molar-refractivity contribution in [2.75, 3.05) is 0 Å². The molecule has 9 heavy (non-hydrogen) atoms. The third kappa shape index (κ3) is 7.02. The third-order valence-corrected chi connectivity index (χ3v) is 0.740. The minimum absolute atomic E-state index is 0.813. The fourth-order valence-corrected chi connectivity index (χ4v) is 0.364. The molecule has 1 nitrogen and oxygen atoms in total. The molecule has 0 atom stereocenters. The van der Waals surface area contributed by atoms with E-state index in [2.05, 4.69) is 6.58 Å². The molecule has 0 aromatic carbocycles. The molecule has 0 spiro atoms. The first-order chi connectivity index (χ1) is 4.13. The number of nitrogens with two attached hydrogens (primary N) is 1. The Bertz CT molecular complexity index is 148. The monoisotopic (exact) mass is 123 g/mol. The first-order valence-electron chi connectivity index (χ1n) is 2.89. The molecule has 0 saturated heterocycles. The van der Waals surface area contributed by atoms with Gasteiger partial charge in [-0.25, -0.2) is 0 Å². The van der Waals surface area contributed by atoms with E-state index in [9.17, 15) is 0 Å². The maximum atomic E-state index is 5.36. The van der Waals surface area contributed by atoms with Gasteiger partial charge in [-0.05, 0) is 19.9 Å². The van der Waals surface area contributed by atoms with Gasteiger partial charge < -0.3 is 5.73 Å². The zero-order chi connectivity index (χ0) is 7.28. The molecule has 0 heterocycles. The molecule has 0 aliphatic rings. The van der Waals surface area contributed by atoms with Gasteiger partial charge >= 0.3 is 0 Å². The number of hydrogen-bond donors (Lipinski definition) is 1. The molecule has 0 aliphatic heterocycles. The lowest BCUT2D eigenvalue weighted by Crippen LogP contribution is -1.87. The van der Waals surface area contributed by atoms with Crippen molar-refractivity contribution in [2.24, 2.45) is 5.73 Å². The van der Waals surface area contributed by atoms with Crippen LogP contribution in [0.3, 0.4) is 0 Å². The summed E-state index contributed by atoms with van der Waals surface area (Å²) in [5, 5.41) is 0. The van der Waals surface area contributed by atoms with Crippen LogP contribution in [0.4, 0.5) is 0 Å². The molecule has 50 valence electrons. The lowest BCUT2D eigenvalue weighted by molar-refractivity contribution is 1.32. The minimum atomic E-state index is 0.813. The zero-order valence-corrected chi connectivity index (χ0v) is 6.02. The van der Waals surface area contributed by atoms with Crippen molar-refractivity contribution in [1.29, 1.82) is 0 Å². The van der Waals surface area contributed by atoms with Crippen LogP contribution in [0.1, 0.15) is 13.8 Å². The second-order valence-electron chi connectivity index (χ2n) is 2.12. The van der Waals surface area contributed by atoms with Gasteiger partial charge in [0, 0.05) is 5.70 Å². The minimum Gasteiger partial charge on any atom is -0.402 e. The Morgan fingerprint density at radius 1 is 1.44 bits per heavy atom. The van der Waals surface area contributed by atoms with E-state index in [0.29, 0.717) is 0 Å². The molecule has 0 aliphatic carbocycles. The predicted octanol–water partition coefficient (Wildman–Crippen LogP) is 1.98. The highest BCUT2D eigenvalue weighted by molar-refractivity contribution is 5.18. The molecule has 1 heteroatoms. The highest BCUT2D eigenvalue weighted by atomic mass is 14.5.